The van der Waals surface area contributed by atoms with Gasteiger partial charge >= 0.3 is 6.03 Å². The molecule has 1 heterocycles. The quantitative estimate of drug-likeness (QED) is 0.187. The Kier molecular flexibility index (Phi) is 7.91. The molecule has 0 radical (unpaired) electrons. The Morgan fingerprint density at radius 2 is 1.74 bits per heavy atom. The van der Waals surface area contributed by atoms with E-state index in [1.165, 1.54) is 12.1 Å². The van der Waals surface area contributed by atoms with Gasteiger partial charge in [0, 0.05) is 10.0 Å². The number of amides is 4. The molecule has 0 bridgehead atoms. The number of ether oxygens (including phenoxy) is 1. The minimum absolute atomic E-state index is 0.0592. The van der Waals surface area contributed by atoms with E-state index >= 15 is 0 Å². The minimum Gasteiger partial charge on any atom is -0.487 e. The Morgan fingerprint density at radius 3 is 2.40 bits per heavy atom. The van der Waals surface area contributed by atoms with E-state index < -0.39 is 17.8 Å². The number of benzene rings is 3. The number of carbonyl (C=O) groups excluding carboxylic acids is 3. The van der Waals surface area contributed by atoms with E-state index in [1.54, 1.807) is 48.5 Å². The average molecular weight is 761 g/mol. The molecule has 1 fully saturated rings. The second-order valence-electron chi connectivity index (χ2n) is 7.59. The highest BCUT2D eigenvalue weighted by Gasteiger charge is 2.37. The number of aryl methyl sites for hydroxylation is 1. The maximum Gasteiger partial charge on any atom is 0.335 e. The van der Waals surface area contributed by atoms with Gasteiger partial charge in [-0.05, 0) is 106 Å². The first-order chi connectivity index (χ1) is 16.7. The molecular formula is C25H16BrFI2N2O4. The molecule has 0 saturated carbocycles. The van der Waals surface area contributed by atoms with Gasteiger partial charge in [-0.1, -0.05) is 34.1 Å². The van der Waals surface area contributed by atoms with Crippen LogP contribution in [0.2, 0.25) is 0 Å². The fourth-order valence-electron chi connectivity index (χ4n) is 3.39. The largest absolute Gasteiger partial charge is 0.487 e. The number of anilines is 1. The van der Waals surface area contributed by atoms with Gasteiger partial charge in [-0.15, -0.1) is 0 Å². The Hall–Kier alpha value is -2.32. The molecule has 0 unspecified atom stereocenters. The van der Waals surface area contributed by atoms with Crippen molar-refractivity contribution < 1.29 is 23.5 Å². The van der Waals surface area contributed by atoms with Crippen LogP contribution in [0.15, 0.2) is 64.6 Å². The number of imide groups is 2. The lowest BCUT2D eigenvalue weighted by atomic mass is 10.1. The van der Waals surface area contributed by atoms with Crippen LogP contribution < -0.4 is 15.0 Å². The molecule has 0 aromatic heterocycles. The molecule has 6 nitrogen and oxygen atoms in total. The summed E-state index contributed by atoms with van der Waals surface area (Å²) in [6.45, 7) is 1.89. The number of nitrogens with one attached hydrogen (secondary N) is 1. The number of hydrogen-bond acceptors (Lipinski definition) is 4. The van der Waals surface area contributed by atoms with Crippen LogP contribution in [0, 0.1) is 19.9 Å². The number of hydrogen-bond donors (Lipinski definition) is 1. The first kappa shape index (κ1) is 25.8. The zero-order valence-electron chi connectivity index (χ0n) is 18.1. The molecule has 4 amide bonds. The van der Waals surface area contributed by atoms with Crippen molar-refractivity contribution in [3.05, 3.63) is 94.3 Å². The second kappa shape index (κ2) is 10.7. The zero-order valence-corrected chi connectivity index (χ0v) is 24.0. The van der Waals surface area contributed by atoms with Gasteiger partial charge in [0.1, 0.15) is 23.7 Å². The number of urea groups is 1. The lowest BCUT2D eigenvalue weighted by molar-refractivity contribution is -0.122. The van der Waals surface area contributed by atoms with Gasteiger partial charge in [-0.3, -0.25) is 14.9 Å². The van der Waals surface area contributed by atoms with Gasteiger partial charge in [0.15, 0.2) is 0 Å². The third-order valence-electron chi connectivity index (χ3n) is 5.16. The summed E-state index contributed by atoms with van der Waals surface area (Å²) in [6, 6.07) is 14.1. The summed E-state index contributed by atoms with van der Waals surface area (Å²) < 4.78 is 22.0. The standard InChI is InChI=1S/C25H16BrFI2N2O4/c1-13-8-16(6-7-18(13)26)31-24(33)17(23(32)30-25(31)34)9-14-10-20(28)22(21(29)11-14)35-12-15-4-2-3-5-19(15)27/h2-11H,12H2,1H3,(H,30,32,34)/b17-9+. The smallest absolute Gasteiger partial charge is 0.335 e. The lowest BCUT2D eigenvalue weighted by Crippen LogP contribution is -2.54. The highest BCUT2D eigenvalue weighted by Crippen LogP contribution is 2.32. The molecule has 1 aliphatic heterocycles. The van der Waals surface area contributed by atoms with Gasteiger partial charge in [0.05, 0.1) is 12.8 Å². The van der Waals surface area contributed by atoms with Crippen molar-refractivity contribution >= 4 is 90.7 Å². The third-order valence-corrected chi connectivity index (χ3v) is 7.66. The predicted molar refractivity (Wildman–Crippen MR) is 150 cm³/mol. The molecule has 10 heteroatoms. The highest BCUT2D eigenvalue weighted by molar-refractivity contribution is 14.1. The molecule has 0 atom stereocenters. The van der Waals surface area contributed by atoms with Crippen LogP contribution in [0.5, 0.6) is 5.75 Å². The Balaban J connectivity index is 1.62. The van der Waals surface area contributed by atoms with Crippen LogP contribution >= 0.6 is 61.1 Å². The SMILES string of the molecule is Cc1cc(N2C(=O)NC(=O)/C(=C\c3cc(I)c(OCc4ccccc4F)c(I)c3)C2=O)ccc1Br. The van der Waals surface area contributed by atoms with E-state index in [0.717, 1.165) is 22.1 Å². The van der Waals surface area contributed by atoms with Crippen LogP contribution in [0.25, 0.3) is 6.08 Å². The summed E-state index contributed by atoms with van der Waals surface area (Å²) in [6.07, 6.45) is 1.44. The predicted octanol–water partition coefficient (Wildman–Crippen LogP) is 6.35. The number of halogens is 4. The van der Waals surface area contributed by atoms with Crippen LogP contribution in [0.3, 0.4) is 0 Å². The summed E-state index contributed by atoms with van der Waals surface area (Å²) >= 11 is 7.56. The van der Waals surface area contributed by atoms with Gasteiger partial charge in [-0.25, -0.2) is 14.1 Å². The zero-order chi connectivity index (χ0) is 25.3. The molecule has 1 saturated heterocycles. The summed E-state index contributed by atoms with van der Waals surface area (Å²) in [7, 11) is 0. The maximum absolute atomic E-state index is 13.9. The molecule has 0 aliphatic carbocycles. The van der Waals surface area contributed by atoms with E-state index in [1.807, 2.05) is 6.92 Å². The maximum atomic E-state index is 13.9. The van der Waals surface area contributed by atoms with Gasteiger partial charge < -0.3 is 4.74 Å². The number of nitrogens with zero attached hydrogens (tertiary/aromatic N) is 1. The van der Waals surface area contributed by atoms with Crippen molar-refractivity contribution in [3.63, 3.8) is 0 Å². The van der Waals surface area contributed by atoms with E-state index in [-0.39, 0.29) is 18.0 Å². The summed E-state index contributed by atoms with van der Waals surface area (Å²) in [5.41, 5.74) is 2.03. The topological polar surface area (TPSA) is 75.7 Å². The van der Waals surface area contributed by atoms with Crippen molar-refractivity contribution in [1.29, 1.82) is 0 Å². The van der Waals surface area contributed by atoms with Crippen molar-refractivity contribution in [1.82, 2.24) is 5.32 Å². The molecule has 0 spiro atoms. The van der Waals surface area contributed by atoms with Crippen LogP contribution in [-0.4, -0.2) is 17.8 Å². The monoisotopic (exact) mass is 760 g/mol. The van der Waals surface area contributed by atoms with Crippen LogP contribution in [-0.2, 0) is 16.2 Å². The molecule has 1 aliphatic rings. The number of carbonyl (C=O) groups is 3. The van der Waals surface area contributed by atoms with E-state index in [2.05, 4.69) is 66.4 Å². The number of rotatable bonds is 5. The highest BCUT2D eigenvalue weighted by atomic mass is 127. The summed E-state index contributed by atoms with van der Waals surface area (Å²) in [5.74, 6) is -1.26. The van der Waals surface area contributed by atoms with Crippen molar-refractivity contribution in [3.8, 4) is 5.75 Å². The van der Waals surface area contributed by atoms with Gasteiger partial charge in [-0.2, -0.15) is 0 Å². The summed E-state index contributed by atoms with van der Waals surface area (Å²) in [5, 5.41) is 2.23. The average Bonchev–Trinajstić information content (AvgIpc) is 2.79. The minimum atomic E-state index is -0.806. The molecule has 35 heavy (non-hydrogen) atoms. The molecule has 178 valence electrons. The van der Waals surface area contributed by atoms with Crippen LogP contribution in [0.1, 0.15) is 16.7 Å². The molecule has 3 aromatic carbocycles. The first-order valence-corrected chi connectivity index (χ1v) is 13.1. The second-order valence-corrected chi connectivity index (χ2v) is 10.8. The third kappa shape index (κ3) is 5.59. The normalized spacial score (nSPS) is 14.9. The Bertz CT molecular complexity index is 1390. The lowest BCUT2D eigenvalue weighted by Gasteiger charge is -2.26. The summed E-state index contributed by atoms with van der Waals surface area (Å²) in [4.78, 5) is 39.1. The van der Waals surface area contributed by atoms with E-state index in [9.17, 15) is 18.8 Å². The van der Waals surface area contributed by atoms with E-state index in [0.29, 0.717) is 22.6 Å². The fourth-order valence-corrected chi connectivity index (χ4v) is 5.77. The fraction of sp³-hybridized carbons (Fsp3) is 0.0800. The van der Waals surface area contributed by atoms with Crippen molar-refractivity contribution in [2.45, 2.75) is 13.5 Å². The van der Waals surface area contributed by atoms with Crippen molar-refractivity contribution in [2.75, 3.05) is 4.90 Å². The number of barbiturate groups is 1. The van der Waals surface area contributed by atoms with Gasteiger partial charge in [0.2, 0.25) is 0 Å². The van der Waals surface area contributed by atoms with Gasteiger partial charge in [0.25, 0.3) is 11.8 Å². The molecular weight excluding hydrogens is 745 g/mol. The first-order valence-electron chi connectivity index (χ1n) is 10.2. The Labute approximate surface area is 236 Å². The van der Waals surface area contributed by atoms with Crippen molar-refractivity contribution in [2.24, 2.45) is 0 Å². The molecule has 3 aromatic rings. The van der Waals surface area contributed by atoms with Crippen LogP contribution in [0.4, 0.5) is 14.9 Å². The Morgan fingerprint density at radius 1 is 1.06 bits per heavy atom. The molecule has 1 N–H and O–H groups in total. The van der Waals surface area contributed by atoms with E-state index in [4.69, 9.17) is 4.74 Å². The molecule has 4 rings (SSSR count).